The minimum absolute atomic E-state index is 0.108. The van der Waals surface area contributed by atoms with E-state index in [1.807, 2.05) is 0 Å². The molecule has 0 fully saturated rings. The van der Waals surface area contributed by atoms with Crippen molar-refractivity contribution in [3.05, 3.63) is 33.9 Å². The van der Waals surface area contributed by atoms with Crippen molar-refractivity contribution in [1.82, 2.24) is 0 Å². The Hall–Kier alpha value is -1.63. The second kappa shape index (κ2) is 4.93. The molecule has 6 nitrogen and oxygen atoms in total. The molecule has 0 heterocycles. The van der Waals surface area contributed by atoms with Crippen LogP contribution in [0.2, 0.25) is 0 Å². The normalized spacial score (nSPS) is 12.1. The Kier molecular flexibility index (Phi) is 3.83. The molecular weight excluding hydrogens is 282 g/mol. The van der Waals surface area contributed by atoms with E-state index < -0.39 is 27.2 Å². The van der Waals surface area contributed by atoms with Crippen molar-refractivity contribution in [1.29, 1.82) is 0 Å². The number of carboxylic acid groups (broad SMARTS) is 1. The molecule has 1 aromatic carbocycles. The molecule has 0 aliphatic rings. The van der Waals surface area contributed by atoms with Crippen LogP contribution in [0.4, 0.5) is 5.69 Å². The largest absolute Gasteiger partial charge is 0.502 e. The lowest BCUT2D eigenvalue weighted by Gasteiger charge is -2.05. The topological polar surface area (TPSA) is 101 Å². The molecule has 0 spiro atoms. The number of phenols is 1. The Bertz CT molecular complexity index is 434. The van der Waals surface area contributed by atoms with Gasteiger partial charge in [-0.15, -0.1) is 0 Å². The van der Waals surface area contributed by atoms with Gasteiger partial charge in [0.15, 0.2) is 5.75 Å². The molecule has 16 heavy (non-hydrogen) atoms. The van der Waals surface area contributed by atoms with Gasteiger partial charge in [0.05, 0.1) is 4.92 Å². The van der Waals surface area contributed by atoms with E-state index in [0.717, 1.165) is 6.07 Å². The molecule has 0 aliphatic heterocycles. The third-order valence-electron chi connectivity index (χ3n) is 1.92. The quantitative estimate of drug-likeness (QED) is 0.499. The molecule has 0 aliphatic carbocycles. The number of rotatable bonds is 4. The van der Waals surface area contributed by atoms with Gasteiger partial charge in [0, 0.05) is 6.07 Å². The van der Waals surface area contributed by atoms with Gasteiger partial charge in [0.1, 0.15) is 4.83 Å². The smallest absolute Gasteiger partial charge is 0.317 e. The molecule has 7 heteroatoms. The predicted octanol–water partition coefficient (Wildman–Crippen LogP) is 1.69. The van der Waals surface area contributed by atoms with Crippen LogP contribution in [0.15, 0.2) is 18.2 Å². The zero-order valence-electron chi connectivity index (χ0n) is 7.96. The van der Waals surface area contributed by atoms with E-state index >= 15 is 0 Å². The Morgan fingerprint density at radius 3 is 2.69 bits per heavy atom. The summed E-state index contributed by atoms with van der Waals surface area (Å²) in [5, 5.41) is 28.3. The van der Waals surface area contributed by atoms with Crippen LogP contribution in [0, 0.1) is 10.1 Å². The number of aliphatic carboxylic acids is 1. The van der Waals surface area contributed by atoms with E-state index in [1.165, 1.54) is 12.1 Å². The predicted molar refractivity (Wildman–Crippen MR) is 58.8 cm³/mol. The molecule has 0 saturated carbocycles. The summed E-state index contributed by atoms with van der Waals surface area (Å²) >= 11 is 2.93. The summed E-state index contributed by atoms with van der Waals surface area (Å²) in [5.41, 5.74) is 0.0383. The number of aromatic hydroxyl groups is 1. The fourth-order valence-electron chi connectivity index (χ4n) is 1.14. The first kappa shape index (κ1) is 12.4. The second-order valence-corrected chi connectivity index (χ2v) is 4.20. The Labute approximate surface area is 98.8 Å². The standard InChI is InChI=1S/C9H8BrNO5/c10-6(9(13)14)3-5-1-2-8(12)7(4-5)11(15)16/h1-2,4,6,12H,3H2,(H,13,14). The van der Waals surface area contributed by atoms with Crippen LogP contribution in [-0.2, 0) is 11.2 Å². The van der Waals surface area contributed by atoms with Gasteiger partial charge in [-0.25, -0.2) is 0 Å². The molecule has 2 N–H and O–H groups in total. The highest BCUT2D eigenvalue weighted by Crippen LogP contribution is 2.27. The van der Waals surface area contributed by atoms with Gasteiger partial charge in [-0.05, 0) is 18.1 Å². The Morgan fingerprint density at radius 2 is 2.19 bits per heavy atom. The number of carboxylic acids is 1. The summed E-state index contributed by atoms with van der Waals surface area (Å²) in [6.45, 7) is 0. The highest BCUT2D eigenvalue weighted by molar-refractivity contribution is 9.10. The van der Waals surface area contributed by atoms with Gasteiger partial charge in [0.2, 0.25) is 0 Å². The van der Waals surface area contributed by atoms with Crippen molar-refractivity contribution in [2.45, 2.75) is 11.2 Å². The van der Waals surface area contributed by atoms with Crippen molar-refractivity contribution in [3.63, 3.8) is 0 Å². The van der Waals surface area contributed by atoms with Crippen molar-refractivity contribution < 1.29 is 19.9 Å². The maximum Gasteiger partial charge on any atom is 0.317 e. The lowest BCUT2D eigenvalue weighted by atomic mass is 10.1. The molecular formula is C9H8BrNO5. The number of nitro benzene ring substituents is 1. The maximum absolute atomic E-state index is 10.6. The highest BCUT2D eigenvalue weighted by Gasteiger charge is 2.18. The highest BCUT2D eigenvalue weighted by atomic mass is 79.9. The lowest BCUT2D eigenvalue weighted by Crippen LogP contribution is -2.15. The van der Waals surface area contributed by atoms with Gasteiger partial charge < -0.3 is 10.2 Å². The zero-order chi connectivity index (χ0) is 12.3. The first-order valence-corrected chi connectivity index (χ1v) is 5.16. The van der Waals surface area contributed by atoms with E-state index in [-0.39, 0.29) is 6.42 Å². The summed E-state index contributed by atoms with van der Waals surface area (Å²) < 4.78 is 0. The molecule has 1 atom stereocenters. The summed E-state index contributed by atoms with van der Waals surface area (Å²) in [5.74, 6) is -1.48. The minimum Gasteiger partial charge on any atom is -0.502 e. The minimum atomic E-state index is -1.05. The van der Waals surface area contributed by atoms with Crippen LogP contribution >= 0.6 is 15.9 Å². The van der Waals surface area contributed by atoms with E-state index in [9.17, 15) is 20.0 Å². The summed E-state index contributed by atoms with van der Waals surface area (Å²) in [4.78, 5) is 19.5. The molecule has 0 aromatic heterocycles. The second-order valence-electron chi connectivity index (χ2n) is 3.09. The van der Waals surface area contributed by atoms with Gasteiger partial charge in [-0.1, -0.05) is 22.0 Å². The summed E-state index contributed by atoms with van der Waals surface area (Å²) in [6, 6.07) is 3.78. The molecule has 1 rings (SSSR count). The first-order valence-electron chi connectivity index (χ1n) is 4.25. The summed E-state index contributed by atoms with van der Waals surface area (Å²) in [6.07, 6.45) is 0.108. The Morgan fingerprint density at radius 1 is 1.56 bits per heavy atom. The van der Waals surface area contributed by atoms with Crippen LogP contribution in [0.1, 0.15) is 5.56 Å². The van der Waals surface area contributed by atoms with Crippen LogP contribution in [-0.4, -0.2) is 25.9 Å². The average Bonchev–Trinajstić information content (AvgIpc) is 2.20. The number of phenolic OH excluding ortho intramolecular Hbond substituents is 1. The maximum atomic E-state index is 10.6. The Balaban J connectivity index is 2.95. The first-order chi connectivity index (χ1) is 7.41. The number of hydrogen-bond donors (Lipinski definition) is 2. The number of alkyl halides is 1. The van der Waals surface area contributed by atoms with Crippen LogP contribution < -0.4 is 0 Å². The lowest BCUT2D eigenvalue weighted by molar-refractivity contribution is -0.385. The van der Waals surface area contributed by atoms with Gasteiger partial charge in [-0.2, -0.15) is 0 Å². The van der Waals surface area contributed by atoms with E-state index in [0.29, 0.717) is 5.56 Å². The van der Waals surface area contributed by atoms with Crippen molar-refractivity contribution in [2.24, 2.45) is 0 Å². The fraction of sp³-hybridized carbons (Fsp3) is 0.222. The number of halogens is 1. The van der Waals surface area contributed by atoms with E-state index in [1.54, 1.807) is 0 Å². The molecule has 0 bridgehead atoms. The molecule has 0 saturated heterocycles. The monoisotopic (exact) mass is 289 g/mol. The van der Waals surface area contributed by atoms with Gasteiger partial charge in [-0.3, -0.25) is 14.9 Å². The number of hydrogen-bond acceptors (Lipinski definition) is 4. The zero-order valence-corrected chi connectivity index (χ0v) is 9.55. The van der Waals surface area contributed by atoms with E-state index in [2.05, 4.69) is 15.9 Å². The van der Waals surface area contributed by atoms with Gasteiger partial charge in [0.25, 0.3) is 0 Å². The van der Waals surface area contributed by atoms with Crippen molar-refractivity contribution >= 4 is 27.6 Å². The van der Waals surface area contributed by atoms with Crippen molar-refractivity contribution in [2.75, 3.05) is 0 Å². The third-order valence-corrected chi connectivity index (χ3v) is 2.63. The number of carbonyl (C=O) groups is 1. The summed E-state index contributed by atoms with van der Waals surface area (Å²) in [7, 11) is 0. The van der Waals surface area contributed by atoms with Crippen molar-refractivity contribution in [3.8, 4) is 5.75 Å². The number of nitrogens with zero attached hydrogens (tertiary/aromatic N) is 1. The third kappa shape index (κ3) is 2.93. The molecule has 1 aromatic rings. The molecule has 0 amide bonds. The number of nitro groups is 1. The van der Waals surface area contributed by atoms with E-state index in [4.69, 9.17) is 5.11 Å². The molecule has 86 valence electrons. The number of benzene rings is 1. The van der Waals surface area contributed by atoms with Crippen LogP contribution in [0.3, 0.4) is 0 Å². The molecule has 1 unspecified atom stereocenters. The fourth-order valence-corrected chi connectivity index (χ4v) is 1.51. The average molecular weight is 290 g/mol. The molecule has 0 radical (unpaired) electrons. The van der Waals surface area contributed by atoms with Crippen LogP contribution in [0.25, 0.3) is 0 Å². The van der Waals surface area contributed by atoms with Gasteiger partial charge >= 0.3 is 11.7 Å². The van der Waals surface area contributed by atoms with Crippen LogP contribution in [0.5, 0.6) is 5.75 Å². The SMILES string of the molecule is O=C(O)C(Br)Cc1ccc(O)c([N+](=O)[O-])c1.